The first-order valence-corrected chi connectivity index (χ1v) is 12.3. The van der Waals surface area contributed by atoms with Crippen molar-refractivity contribution in [3.8, 4) is 22.8 Å². The first kappa shape index (κ1) is 21.4. The fourth-order valence-corrected chi connectivity index (χ4v) is 5.14. The van der Waals surface area contributed by atoms with E-state index in [9.17, 15) is 0 Å². The lowest BCUT2D eigenvalue weighted by Crippen LogP contribution is -2.17. The summed E-state index contributed by atoms with van der Waals surface area (Å²) in [5.41, 5.74) is 7.30. The van der Waals surface area contributed by atoms with Gasteiger partial charge in [-0.3, -0.25) is 4.57 Å². The number of rotatable bonds is 5. The molecule has 2 heterocycles. The molecule has 4 aromatic carbocycles. The lowest BCUT2D eigenvalue weighted by Gasteiger charge is -2.26. The van der Waals surface area contributed by atoms with Crippen LogP contribution in [0, 0.1) is 0 Å². The van der Waals surface area contributed by atoms with Crippen molar-refractivity contribution in [2.24, 2.45) is 0 Å². The van der Waals surface area contributed by atoms with Gasteiger partial charge in [0.05, 0.1) is 11.0 Å². The van der Waals surface area contributed by atoms with Gasteiger partial charge in [0.25, 0.3) is 0 Å². The summed E-state index contributed by atoms with van der Waals surface area (Å²) in [6, 6.07) is 34.7. The zero-order valence-corrected chi connectivity index (χ0v) is 20.4. The van der Waals surface area contributed by atoms with E-state index in [2.05, 4.69) is 133 Å². The minimum absolute atomic E-state index is 0.0699. The standard InChI is InChI=1S/C32H29N3/c1-4-32(2,3)28-16-10-8-15-26(28)31-33-20-21-34(31)24-18-19-30-27(22-24)25-14-9-11-17-29(25)35(30)23-12-6-5-7-13-23/h5-22H,4H2,1-3H3. The Morgan fingerprint density at radius 3 is 2.26 bits per heavy atom. The highest BCUT2D eigenvalue weighted by molar-refractivity contribution is 6.09. The van der Waals surface area contributed by atoms with Crippen LogP contribution in [0.15, 0.2) is 109 Å². The number of benzene rings is 4. The molecule has 0 atom stereocenters. The Hall–Kier alpha value is -4.11. The fourth-order valence-electron chi connectivity index (χ4n) is 5.14. The maximum Gasteiger partial charge on any atom is 0.144 e. The monoisotopic (exact) mass is 455 g/mol. The molecule has 0 saturated carbocycles. The van der Waals surface area contributed by atoms with Gasteiger partial charge in [0.2, 0.25) is 0 Å². The van der Waals surface area contributed by atoms with E-state index < -0.39 is 0 Å². The van der Waals surface area contributed by atoms with Gasteiger partial charge >= 0.3 is 0 Å². The van der Waals surface area contributed by atoms with Crippen molar-refractivity contribution < 1.29 is 0 Å². The van der Waals surface area contributed by atoms with Crippen LogP contribution in [-0.2, 0) is 5.41 Å². The molecule has 172 valence electrons. The molecule has 3 nitrogen and oxygen atoms in total. The Labute approximate surface area is 206 Å². The van der Waals surface area contributed by atoms with Crippen LogP contribution in [-0.4, -0.2) is 14.1 Å². The third-order valence-electron chi connectivity index (χ3n) is 7.37. The number of fused-ring (bicyclic) bond motifs is 3. The molecular weight excluding hydrogens is 426 g/mol. The molecule has 0 aliphatic heterocycles. The second-order valence-corrected chi connectivity index (χ2v) is 9.79. The summed E-state index contributed by atoms with van der Waals surface area (Å²) in [5, 5.41) is 2.49. The van der Waals surface area contributed by atoms with Crippen molar-refractivity contribution in [1.82, 2.24) is 14.1 Å². The number of hydrogen-bond acceptors (Lipinski definition) is 1. The summed E-state index contributed by atoms with van der Waals surface area (Å²) in [7, 11) is 0. The number of hydrogen-bond donors (Lipinski definition) is 0. The van der Waals surface area contributed by atoms with E-state index in [-0.39, 0.29) is 5.41 Å². The third kappa shape index (κ3) is 3.47. The minimum Gasteiger partial charge on any atom is -0.309 e. The zero-order valence-electron chi connectivity index (χ0n) is 20.4. The van der Waals surface area contributed by atoms with Crippen LogP contribution < -0.4 is 0 Å². The molecule has 0 aliphatic rings. The SMILES string of the molecule is CCC(C)(C)c1ccccc1-c1nccn1-c1ccc2c(c1)c1ccccc1n2-c1ccccc1. The molecule has 2 aromatic heterocycles. The van der Waals surface area contributed by atoms with Crippen LogP contribution >= 0.6 is 0 Å². The van der Waals surface area contributed by atoms with Crippen LogP contribution in [0.2, 0.25) is 0 Å². The Bertz CT molecular complexity index is 1650. The van der Waals surface area contributed by atoms with Crippen LogP contribution in [0.3, 0.4) is 0 Å². The minimum atomic E-state index is 0.0699. The highest BCUT2D eigenvalue weighted by Crippen LogP contribution is 2.37. The van der Waals surface area contributed by atoms with Crippen LogP contribution in [0.1, 0.15) is 32.8 Å². The lowest BCUT2D eigenvalue weighted by molar-refractivity contribution is 0.507. The Morgan fingerprint density at radius 1 is 0.714 bits per heavy atom. The van der Waals surface area contributed by atoms with E-state index in [1.165, 1.54) is 38.6 Å². The van der Waals surface area contributed by atoms with Gasteiger partial charge in [0.15, 0.2) is 0 Å². The maximum atomic E-state index is 4.82. The number of para-hydroxylation sites is 2. The van der Waals surface area contributed by atoms with E-state index in [0.717, 1.165) is 17.9 Å². The Morgan fingerprint density at radius 2 is 1.43 bits per heavy atom. The largest absolute Gasteiger partial charge is 0.309 e. The molecule has 0 amide bonds. The van der Waals surface area contributed by atoms with Crippen molar-refractivity contribution in [1.29, 1.82) is 0 Å². The van der Waals surface area contributed by atoms with Gasteiger partial charge in [-0.25, -0.2) is 4.98 Å². The molecule has 0 aliphatic carbocycles. The molecule has 0 spiro atoms. The predicted molar refractivity (Wildman–Crippen MR) is 147 cm³/mol. The van der Waals surface area contributed by atoms with E-state index >= 15 is 0 Å². The molecule has 0 fully saturated rings. The number of imidazole rings is 1. The van der Waals surface area contributed by atoms with E-state index in [4.69, 9.17) is 4.98 Å². The van der Waals surface area contributed by atoms with Crippen LogP contribution in [0.4, 0.5) is 0 Å². The topological polar surface area (TPSA) is 22.8 Å². The average Bonchev–Trinajstić information content (AvgIpc) is 3.52. The second-order valence-electron chi connectivity index (χ2n) is 9.79. The van der Waals surface area contributed by atoms with Crippen molar-refractivity contribution >= 4 is 21.8 Å². The summed E-state index contributed by atoms with van der Waals surface area (Å²) in [6.07, 6.45) is 5.04. The summed E-state index contributed by atoms with van der Waals surface area (Å²) in [6.45, 7) is 6.87. The molecule has 0 saturated heterocycles. The maximum absolute atomic E-state index is 4.82. The quantitative estimate of drug-likeness (QED) is 0.256. The molecule has 3 heteroatoms. The summed E-state index contributed by atoms with van der Waals surface area (Å²) < 4.78 is 4.57. The van der Waals surface area contributed by atoms with Crippen LogP contribution in [0.5, 0.6) is 0 Å². The molecule has 6 rings (SSSR count). The fraction of sp³-hybridized carbons (Fsp3) is 0.156. The first-order valence-electron chi connectivity index (χ1n) is 12.3. The van der Waals surface area contributed by atoms with Crippen molar-refractivity contribution in [2.75, 3.05) is 0 Å². The van der Waals surface area contributed by atoms with Crippen LogP contribution in [0.25, 0.3) is 44.6 Å². The third-order valence-corrected chi connectivity index (χ3v) is 7.37. The first-order chi connectivity index (χ1) is 17.1. The molecule has 0 bridgehead atoms. The highest BCUT2D eigenvalue weighted by Gasteiger charge is 2.24. The van der Waals surface area contributed by atoms with Gasteiger partial charge < -0.3 is 4.57 Å². The highest BCUT2D eigenvalue weighted by atomic mass is 15.1. The van der Waals surface area contributed by atoms with E-state index in [1.807, 2.05) is 6.20 Å². The van der Waals surface area contributed by atoms with Gasteiger partial charge in [-0.1, -0.05) is 81.4 Å². The van der Waals surface area contributed by atoms with Gasteiger partial charge in [-0.2, -0.15) is 0 Å². The van der Waals surface area contributed by atoms with Gasteiger partial charge in [-0.15, -0.1) is 0 Å². The molecule has 0 unspecified atom stereocenters. The smallest absolute Gasteiger partial charge is 0.144 e. The normalized spacial score (nSPS) is 12.0. The zero-order chi connectivity index (χ0) is 24.0. The second kappa shape index (κ2) is 8.28. The molecule has 0 N–H and O–H groups in total. The molecule has 0 radical (unpaired) electrons. The van der Waals surface area contributed by atoms with Gasteiger partial charge in [0.1, 0.15) is 5.82 Å². The van der Waals surface area contributed by atoms with Gasteiger partial charge in [0, 0.05) is 40.1 Å². The van der Waals surface area contributed by atoms with Crippen molar-refractivity contribution in [2.45, 2.75) is 32.6 Å². The van der Waals surface area contributed by atoms with E-state index in [1.54, 1.807) is 0 Å². The summed E-state index contributed by atoms with van der Waals surface area (Å²) in [4.78, 5) is 4.82. The Kier molecular flexibility index (Phi) is 5.07. The average molecular weight is 456 g/mol. The summed E-state index contributed by atoms with van der Waals surface area (Å²) in [5.74, 6) is 0.980. The Balaban J connectivity index is 1.57. The summed E-state index contributed by atoms with van der Waals surface area (Å²) >= 11 is 0. The van der Waals surface area contributed by atoms with Crippen molar-refractivity contribution in [3.05, 3.63) is 115 Å². The molecule has 35 heavy (non-hydrogen) atoms. The predicted octanol–water partition coefficient (Wildman–Crippen LogP) is 8.32. The lowest BCUT2D eigenvalue weighted by atomic mass is 9.79. The molecular formula is C32H29N3. The van der Waals surface area contributed by atoms with E-state index in [0.29, 0.717) is 0 Å². The van der Waals surface area contributed by atoms with Gasteiger partial charge in [-0.05, 0) is 53.8 Å². The number of aromatic nitrogens is 3. The number of nitrogens with zero attached hydrogens (tertiary/aromatic N) is 3. The van der Waals surface area contributed by atoms with Crippen molar-refractivity contribution in [3.63, 3.8) is 0 Å². The molecule has 6 aromatic rings.